The SMILES string of the molecule is CCOC1OC(OCC2OC(OC3C(CC)OC(C)C(C)C3C)C(C)C(OC)C2OC)C(O)C(O)C1O. The number of hydrogen-bond donors (Lipinski definition) is 3. The molecule has 3 fully saturated rings. The normalized spacial score (nSPS) is 49.2. The third-order valence-corrected chi connectivity index (χ3v) is 8.31. The van der Waals surface area contributed by atoms with Gasteiger partial charge < -0.3 is 53.2 Å². The fourth-order valence-electron chi connectivity index (χ4n) is 5.65. The Hall–Kier alpha value is -0.440. The molecule has 0 bridgehead atoms. The number of aliphatic hydroxyl groups is 3. The van der Waals surface area contributed by atoms with Crippen LogP contribution in [0.4, 0.5) is 0 Å². The summed E-state index contributed by atoms with van der Waals surface area (Å²) in [6.07, 6.45) is -8.08. The van der Waals surface area contributed by atoms with Crippen molar-refractivity contribution in [2.45, 2.75) is 122 Å². The minimum Gasteiger partial charge on any atom is -0.387 e. The first kappa shape index (κ1) is 31.1. The van der Waals surface area contributed by atoms with Crippen molar-refractivity contribution in [3.8, 4) is 0 Å². The van der Waals surface area contributed by atoms with Gasteiger partial charge in [-0.15, -0.1) is 0 Å². The second kappa shape index (κ2) is 13.8. The Bertz CT molecular complexity index is 681. The van der Waals surface area contributed by atoms with E-state index in [4.69, 9.17) is 37.9 Å². The lowest BCUT2D eigenvalue weighted by Gasteiger charge is -2.49. The molecular formula is C26H48O11. The Labute approximate surface area is 220 Å². The van der Waals surface area contributed by atoms with Crippen LogP contribution in [-0.4, -0.2) is 117 Å². The van der Waals surface area contributed by atoms with E-state index >= 15 is 0 Å². The molecule has 218 valence electrons. The van der Waals surface area contributed by atoms with Gasteiger partial charge in [0.05, 0.1) is 31.0 Å². The Morgan fingerprint density at radius 1 is 0.622 bits per heavy atom. The summed E-state index contributed by atoms with van der Waals surface area (Å²) in [5, 5.41) is 30.8. The molecule has 3 rings (SSSR count). The van der Waals surface area contributed by atoms with Gasteiger partial charge in [0.15, 0.2) is 18.9 Å². The summed E-state index contributed by atoms with van der Waals surface area (Å²) in [7, 11) is 3.20. The Morgan fingerprint density at radius 3 is 1.81 bits per heavy atom. The van der Waals surface area contributed by atoms with Crippen LogP contribution in [0.1, 0.15) is 48.0 Å². The minimum absolute atomic E-state index is 0.0459. The van der Waals surface area contributed by atoms with Crippen molar-refractivity contribution in [3.63, 3.8) is 0 Å². The predicted molar refractivity (Wildman–Crippen MR) is 132 cm³/mol. The van der Waals surface area contributed by atoms with Crippen LogP contribution in [0, 0.1) is 17.8 Å². The molecule has 3 heterocycles. The summed E-state index contributed by atoms with van der Waals surface area (Å²) < 4.78 is 47.6. The van der Waals surface area contributed by atoms with Gasteiger partial charge >= 0.3 is 0 Å². The van der Waals surface area contributed by atoms with Crippen molar-refractivity contribution in [3.05, 3.63) is 0 Å². The third-order valence-electron chi connectivity index (χ3n) is 8.31. The fraction of sp³-hybridized carbons (Fsp3) is 1.00. The first-order chi connectivity index (χ1) is 17.6. The minimum atomic E-state index is -1.49. The van der Waals surface area contributed by atoms with Gasteiger partial charge in [-0.2, -0.15) is 0 Å². The summed E-state index contributed by atoms with van der Waals surface area (Å²) in [4.78, 5) is 0. The maximum atomic E-state index is 10.4. The summed E-state index contributed by atoms with van der Waals surface area (Å²) in [5.41, 5.74) is 0. The van der Waals surface area contributed by atoms with E-state index < -0.39 is 49.4 Å². The molecule has 0 amide bonds. The largest absolute Gasteiger partial charge is 0.387 e. The van der Waals surface area contributed by atoms with Crippen LogP contribution < -0.4 is 0 Å². The molecule has 3 saturated heterocycles. The third kappa shape index (κ3) is 6.66. The van der Waals surface area contributed by atoms with Gasteiger partial charge in [0.25, 0.3) is 0 Å². The van der Waals surface area contributed by atoms with E-state index in [1.54, 1.807) is 21.1 Å². The molecule has 11 nitrogen and oxygen atoms in total. The zero-order chi connectivity index (χ0) is 27.4. The quantitative estimate of drug-likeness (QED) is 0.370. The second-order valence-electron chi connectivity index (χ2n) is 10.5. The van der Waals surface area contributed by atoms with Crippen molar-refractivity contribution in [2.24, 2.45) is 17.8 Å². The standard InChI is InChI=1S/C26H48O11/c1-9-16-21(13(4)12(3)15(6)34-16)36-24-14(5)22(30-7)23(31-8)17(35-24)11-33-26-20(29)18(27)19(28)25(37-26)32-10-2/h12-29H,9-11H2,1-8H3. The maximum Gasteiger partial charge on any atom is 0.189 e. The lowest BCUT2D eigenvalue weighted by Crippen LogP contribution is -2.61. The summed E-state index contributed by atoms with van der Waals surface area (Å²) in [6, 6.07) is 0. The molecule has 3 aliphatic rings. The molecule has 15 atom stereocenters. The molecule has 11 heteroatoms. The van der Waals surface area contributed by atoms with Crippen molar-refractivity contribution < 1.29 is 53.2 Å². The van der Waals surface area contributed by atoms with Crippen LogP contribution in [0.5, 0.6) is 0 Å². The number of ether oxygens (including phenoxy) is 8. The molecule has 0 aliphatic carbocycles. The van der Waals surface area contributed by atoms with Gasteiger partial charge in [-0.05, 0) is 32.1 Å². The Balaban J connectivity index is 1.73. The molecule has 3 aliphatic heterocycles. The molecule has 0 radical (unpaired) electrons. The molecule has 0 saturated carbocycles. The van der Waals surface area contributed by atoms with E-state index in [1.807, 2.05) is 6.92 Å². The Kier molecular flexibility index (Phi) is 11.6. The smallest absolute Gasteiger partial charge is 0.189 e. The van der Waals surface area contributed by atoms with Gasteiger partial charge in [-0.3, -0.25) is 0 Å². The van der Waals surface area contributed by atoms with E-state index in [9.17, 15) is 15.3 Å². The van der Waals surface area contributed by atoms with Crippen LogP contribution >= 0.6 is 0 Å². The summed E-state index contributed by atoms with van der Waals surface area (Å²) in [5.74, 6) is 0.428. The van der Waals surface area contributed by atoms with Gasteiger partial charge in [0.1, 0.15) is 30.5 Å². The molecular weight excluding hydrogens is 488 g/mol. The van der Waals surface area contributed by atoms with Gasteiger partial charge in [-0.1, -0.05) is 27.7 Å². The predicted octanol–water partition coefficient (Wildman–Crippen LogP) is 1.05. The second-order valence-corrected chi connectivity index (χ2v) is 10.5. The fourth-order valence-corrected chi connectivity index (χ4v) is 5.65. The molecule has 37 heavy (non-hydrogen) atoms. The van der Waals surface area contributed by atoms with Crippen LogP contribution in [0.3, 0.4) is 0 Å². The average molecular weight is 537 g/mol. The zero-order valence-corrected chi connectivity index (χ0v) is 23.4. The van der Waals surface area contributed by atoms with E-state index in [-0.39, 0.29) is 49.5 Å². The molecule has 15 unspecified atom stereocenters. The highest BCUT2D eigenvalue weighted by Gasteiger charge is 2.50. The number of methoxy groups -OCH3 is 2. The van der Waals surface area contributed by atoms with Crippen molar-refractivity contribution >= 4 is 0 Å². The van der Waals surface area contributed by atoms with E-state index in [0.717, 1.165) is 6.42 Å². The van der Waals surface area contributed by atoms with E-state index in [2.05, 4.69) is 27.7 Å². The number of rotatable bonds is 10. The zero-order valence-electron chi connectivity index (χ0n) is 23.4. The lowest BCUT2D eigenvalue weighted by atomic mass is 9.81. The topological polar surface area (TPSA) is 135 Å². The highest BCUT2D eigenvalue weighted by Crippen LogP contribution is 2.38. The monoisotopic (exact) mass is 536 g/mol. The maximum absolute atomic E-state index is 10.4. The lowest BCUT2D eigenvalue weighted by molar-refractivity contribution is -0.363. The summed E-state index contributed by atoms with van der Waals surface area (Å²) in [6.45, 7) is 12.5. The molecule has 0 aromatic carbocycles. The van der Waals surface area contributed by atoms with Crippen molar-refractivity contribution in [1.29, 1.82) is 0 Å². The molecule has 0 aromatic heterocycles. The highest BCUT2D eigenvalue weighted by atomic mass is 16.8. The molecule has 3 N–H and O–H groups in total. The van der Waals surface area contributed by atoms with Gasteiger partial charge in [0.2, 0.25) is 0 Å². The molecule has 0 spiro atoms. The average Bonchev–Trinajstić information content (AvgIpc) is 2.89. The van der Waals surface area contributed by atoms with Crippen molar-refractivity contribution in [1.82, 2.24) is 0 Å². The number of hydrogen-bond acceptors (Lipinski definition) is 11. The first-order valence-electron chi connectivity index (χ1n) is 13.5. The van der Waals surface area contributed by atoms with Crippen molar-refractivity contribution in [2.75, 3.05) is 27.4 Å². The summed E-state index contributed by atoms with van der Waals surface area (Å²) >= 11 is 0. The van der Waals surface area contributed by atoms with Crippen LogP contribution in [0.15, 0.2) is 0 Å². The molecule has 0 aromatic rings. The van der Waals surface area contributed by atoms with Crippen LogP contribution in [0.25, 0.3) is 0 Å². The Morgan fingerprint density at radius 2 is 1.24 bits per heavy atom. The first-order valence-corrected chi connectivity index (χ1v) is 13.5. The highest BCUT2D eigenvalue weighted by molar-refractivity contribution is 4.93. The van der Waals surface area contributed by atoms with Crippen LogP contribution in [0.2, 0.25) is 0 Å². The number of aliphatic hydroxyl groups excluding tert-OH is 3. The van der Waals surface area contributed by atoms with Crippen LogP contribution in [-0.2, 0) is 37.9 Å². The van der Waals surface area contributed by atoms with E-state index in [1.165, 1.54) is 0 Å². The van der Waals surface area contributed by atoms with E-state index in [0.29, 0.717) is 5.92 Å². The van der Waals surface area contributed by atoms with Gasteiger partial charge in [0, 0.05) is 26.7 Å². The van der Waals surface area contributed by atoms with Gasteiger partial charge in [-0.25, -0.2) is 0 Å².